The standard InChI is InChI=1S/C21H19FN2O2/c22-17-7-3-6-15(12-17)20(24-10-4-9-19(24)21(25)26)16-11-14-5-1-2-8-18(14)23-13-16/h1-3,5-8,11-13,19-20H,4,9-10H2,(H,25,26). The van der Waals surface area contributed by atoms with Gasteiger partial charge in [0.15, 0.2) is 0 Å². The minimum atomic E-state index is -0.836. The number of rotatable bonds is 4. The van der Waals surface area contributed by atoms with E-state index in [-0.39, 0.29) is 11.9 Å². The number of carboxylic acid groups (broad SMARTS) is 1. The first-order valence-corrected chi connectivity index (χ1v) is 8.72. The van der Waals surface area contributed by atoms with Crippen molar-refractivity contribution in [2.45, 2.75) is 24.9 Å². The summed E-state index contributed by atoms with van der Waals surface area (Å²) < 4.78 is 13.9. The lowest BCUT2D eigenvalue weighted by molar-refractivity contribution is -0.142. The molecule has 0 bridgehead atoms. The van der Waals surface area contributed by atoms with Gasteiger partial charge in [-0.05, 0) is 48.2 Å². The molecule has 0 aliphatic carbocycles. The van der Waals surface area contributed by atoms with Crippen molar-refractivity contribution in [2.75, 3.05) is 6.54 Å². The largest absolute Gasteiger partial charge is 0.480 e. The second-order valence-electron chi connectivity index (χ2n) is 6.65. The fourth-order valence-electron chi connectivity index (χ4n) is 3.85. The molecule has 1 N–H and O–H groups in total. The number of nitrogens with zero attached hydrogens (tertiary/aromatic N) is 2. The van der Waals surface area contributed by atoms with E-state index < -0.39 is 12.0 Å². The number of aliphatic carboxylic acids is 1. The van der Waals surface area contributed by atoms with E-state index in [4.69, 9.17) is 0 Å². The Labute approximate surface area is 150 Å². The summed E-state index contributed by atoms with van der Waals surface area (Å²) in [5.74, 6) is -1.16. The van der Waals surface area contributed by atoms with Gasteiger partial charge in [-0.1, -0.05) is 30.3 Å². The Morgan fingerprint density at radius 3 is 2.81 bits per heavy atom. The number of halogens is 1. The maximum absolute atomic E-state index is 13.9. The predicted molar refractivity (Wildman–Crippen MR) is 97.3 cm³/mol. The number of hydrogen-bond donors (Lipinski definition) is 1. The predicted octanol–water partition coefficient (Wildman–Crippen LogP) is 4.01. The van der Waals surface area contributed by atoms with Crippen molar-refractivity contribution in [3.05, 3.63) is 77.7 Å². The highest BCUT2D eigenvalue weighted by atomic mass is 19.1. The minimum absolute atomic E-state index is 0.327. The zero-order valence-electron chi connectivity index (χ0n) is 14.2. The third-order valence-electron chi connectivity index (χ3n) is 5.00. The summed E-state index contributed by atoms with van der Waals surface area (Å²) in [7, 11) is 0. The lowest BCUT2D eigenvalue weighted by Gasteiger charge is -2.32. The summed E-state index contributed by atoms with van der Waals surface area (Å²) in [6.07, 6.45) is 3.18. The van der Waals surface area contributed by atoms with Crippen LogP contribution < -0.4 is 0 Å². The molecule has 132 valence electrons. The molecule has 4 rings (SSSR count). The molecule has 2 unspecified atom stereocenters. The molecule has 3 aromatic rings. The van der Waals surface area contributed by atoms with Crippen molar-refractivity contribution in [1.82, 2.24) is 9.88 Å². The van der Waals surface area contributed by atoms with Crippen LogP contribution in [-0.2, 0) is 4.79 Å². The van der Waals surface area contributed by atoms with E-state index >= 15 is 0 Å². The Kier molecular flexibility index (Phi) is 4.39. The zero-order chi connectivity index (χ0) is 18.1. The molecule has 2 aromatic carbocycles. The van der Waals surface area contributed by atoms with Gasteiger partial charge in [0.1, 0.15) is 11.9 Å². The van der Waals surface area contributed by atoms with E-state index in [2.05, 4.69) is 4.98 Å². The number of carbonyl (C=O) groups is 1. The van der Waals surface area contributed by atoms with Crippen molar-refractivity contribution in [1.29, 1.82) is 0 Å². The highest BCUT2D eigenvalue weighted by Gasteiger charge is 2.37. The molecule has 0 amide bonds. The second-order valence-corrected chi connectivity index (χ2v) is 6.65. The highest BCUT2D eigenvalue weighted by Crippen LogP contribution is 2.35. The zero-order valence-corrected chi connectivity index (χ0v) is 14.2. The van der Waals surface area contributed by atoms with E-state index in [1.54, 1.807) is 12.3 Å². The summed E-state index contributed by atoms with van der Waals surface area (Å²) in [6, 6.07) is 15.3. The summed E-state index contributed by atoms with van der Waals surface area (Å²) in [4.78, 5) is 18.2. The topological polar surface area (TPSA) is 53.4 Å². The van der Waals surface area contributed by atoms with E-state index in [0.717, 1.165) is 28.5 Å². The Morgan fingerprint density at radius 1 is 1.15 bits per heavy atom. The molecule has 1 aliphatic rings. The summed E-state index contributed by atoms with van der Waals surface area (Å²) >= 11 is 0. The summed E-state index contributed by atoms with van der Waals surface area (Å²) in [5.41, 5.74) is 2.50. The van der Waals surface area contributed by atoms with Gasteiger partial charge in [0.05, 0.1) is 11.6 Å². The van der Waals surface area contributed by atoms with Gasteiger partial charge in [-0.2, -0.15) is 0 Å². The van der Waals surface area contributed by atoms with Crippen molar-refractivity contribution < 1.29 is 14.3 Å². The van der Waals surface area contributed by atoms with E-state index in [9.17, 15) is 14.3 Å². The van der Waals surface area contributed by atoms with Gasteiger partial charge in [-0.25, -0.2) is 4.39 Å². The SMILES string of the molecule is O=C(O)C1CCCN1C(c1cccc(F)c1)c1cnc2ccccc2c1. The molecular formula is C21H19FN2O2. The molecule has 1 aromatic heterocycles. The first-order valence-electron chi connectivity index (χ1n) is 8.72. The smallest absolute Gasteiger partial charge is 0.320 e. The van der Waals surface area contributed by atoms with Gasteiger partial charge in [0.25, 0.3) is 0 Å². The van der Waals surface area contributed by atoms with Crippen LogP contribution >= 0.6 is 0 Å². The number of para-hydroxylation sites is 1. The summed E-state index contributed by atoms with van der Waals surface area (Å²) in [6.45, 7) is 0.658. The molecular weight excluding hydrogens is 331 g/mol. The molecule has 2 heterocycles. The maximum Gasteiger partial charge on any atom is 0.320 e. The van der Waals surface area contributed by atoms with Crippen molar-refractivity contribution in [3.63, 3.8) is 0 Å². The highest BCUT2D eigenvalue weighted by molar-refractivity contribution is 5.79. The number of benzene rings is 2. The Hall–Kier alpha value is -2.79. The average molecular weight is 350 g/mol. The lowest BCUT2D eigenvalue weighted by atomic mass is 9.96. The van der Waals surface area contributed by atoms with Gasteiger partial charge in [-0.3, -0.25) is 14.7 Å². The van der Waals surface area contributed by atoms with Crippen molar-refractivity contribution in [2.24, 2.45) is 0 Å². The van der Waals surface area contributed by atoms with Gasteiger partial charge >= 0.3 is 5.97 Å². The van der Waals surface area contributed by atoms with Crippen LogP contribution in [0.1, 0.15) is 30.0 Å². The summed E-state index contributed by atoms with van der Waals surface area (Å²) in [5, 5.41) is 10.6. The molecule has 0 saturated carbocycles. The minimum Gasteiger partial charge on any atom is -0.480 e. The normalized spacial score (nSPS) is 18.9. The molecule has 0 spiro atoms. The molecule has 1 fully saturated rings. The van der Waals surface area contributed by atoms with Crippen LogP contribution in [0.4, 0.5) is 4.39 Å². The van der Waals surface area contributed by atoms with E-state index in [0.29, 0.717) is 13.0 Å². The Morgan fingerprint density at radius 2 is 2.00 bits per heavy atom. The Balaban J connectivity index is 1.85. The third kappa shape index (κ3) is 3.06. The maximum atomic E-state index is 13.9. The molecule has 4 nitrogen and oxygen atoms in total. The number of fused-ring (bicyclic) bond motifs is 1. The van der Waals surface area contributed by atoms with Crippen molar-refractivity contribution in [3.8, 4) is 0 Å². The van der Waals surface area contributed by atoms with Gasteiger partial charge in [0.2, 0.25) is 0 Å². The monoisotopic (exact) mass is 350 g/mol. The molecule has 5 heteroatoms. The van der Waals surface area contributed by atoms with Gasteiger partial charge in [-0.15, -0.1) is 0 Å². The van der Waals surface area contributed by atoms with Crippen LogP contribution in [0.15, 0.2) is 60.8 Å². The number of pyridine rings is 1. The number of hydrogen-bond acceptors (Lipinski definition) is 3. The third-order valence-corrected chi connectivity index (χ3v) is 5.00. The molecule has 1 saturated heterocycles. The quantitative estimate of drug-likeness (QED) is 0.772. The number of carboxylic acids is 1. The lowest BCUT2D eigenvalue weighted by Crippen LogP contribution is -2.39. The van der Waals surface area contributed by atoms with Crippen molar-refractivity contribution >= 4 is 16.9 Å². The molecule has 1 aliphatic heterocycles. The van der Waals surface area contributed by atoms with Gasteiger partial charge < -0.3 is 5.11 Å². The van der Waals surface area contributed by atoms with Crippen LogP contribution in [0.3, 0.4) is 0 Å². The fourth-order valence-corrected chi connectivity index (χ4v) is 3.85. The van der Waals surface area contributed by atoms with E-state index in [1.165, 1.54) is 12.1 Å². The molecule has 26 heavy (non-hydrogen) atoms. The average Bonchev–Trinajstić information content (AvgIpc) is 3.11. The molecule has 2 atom stereocenters. The first kappa shape index (κ1) is 16.7. The van der Waals surface area contributed by atoms with Crippen LogP contribution in [-0.4, -0.2) is 33.5 Å². The number of aromatic nitrogens is 1. The first-order chi connectivity index (χ1) is 12.6. The van der Waals surface area contributed by atoms with Gasteiger partial charge in [0, 0.05) is 18.1 Å². The van der Waals surface area contributed by atoms with Crippen LogP contribution in [0.2, 0.25) is 0 Å². The van der Waals surface area contributed by atoms with Crippen LogP contribution in [0.5, 0.6) is 0 Å². The van der Waals surface area contributed by atoms with Crippen LogP contribution in [0.25, 0.3) is 10.9 Å². The molecule has 0 radical (unpaired) electrons. The fraction of sp³-hybridized carbons (Fsp3) is 0.238. The second kappa shape index (κ2) is 6.84. The van der Waals surface area contributed by atoms with Crippen LogP contribution in [0, 0.1) is 5.82 Å². The van der Waals surface area contributed by atoms with E-state index in [1.807, 2.05) is 41.3 Å². The number of likely N-dealkylation sites (tertiary alicyclic amines) is 1. The Bertz CT molecular complexity index is 959.